The van der Waals surface area contributed by atoms with E-state index in [1.54, 1.807) is 0 Å². The average Bonchev–Trinajstić information content (AvgIpc) is 2.96. The summed E-state index contributed by atoms with van der Waals surface area (Å²) >= 11 is 0. The van der Waals surface area contributed by atoms with Gasteiger partial charge in [-0.05, 0) is 55.9 Å². The zero-order valence-electron chi connectivity index (χ0n) is 12.3. The van der Waals surface area contributed by atoms with Crippen molar-refractivity contribution in [3.8, 4) is 0 Å². The number of hydrogen-bond acceptors (Lipinski definition) is 2. The highest BCUT2D eigenvalue weighted by molar-refractivity contribution is 5.20. The zero-order chi connectivity index (χ0) is 13.8. The number of aliphatic hydroxyl groups is 1. The van der Waals surface area contributed by atoms with Gasteiger partial charge in [-0.3, -0.25) is 0 Å². The summed E-state index contributed by atoms with van der Waals surface area (Å²) in [4.78, 5) is 0. The molecule has 0 spiro atoms. The third-order valence-corrected chi connectivity index (χ3v) is 5.34. The molecule has 2 heteroatoms. The Balaban J connectivity index is 1.49. The topological polar surface area (TPSA) is 32.3 Å². The monoisotopic (exact) mass is 273 g/mol. The lowest BCUT2D eigenvalue weighted by Crippen LogP contribution is -2.42. The largest absolute Gasteiger partial charge is 0.396 e. The van der Waals surface area contributed by atoms with E-state index >= 15 is 0 Å². The quantitative estimate of drug-likeness (QED) is 0.880. The van der Waals surface area contributed by atoms with Crippen LogP contribution < -0.4 is 5.32 Å². The first kappa shape index (κ1) is 14.1. The van der Waals surface area contributed by atoms with E-state index in [0.29, 0.717) is 24.6 Å². The maximum atomic E-state index is 9.42. The van der Waals surface area contributed by atoms with Crippen LogP contribution in [0.25, 0.3) is 0 Å². The van der Waals surface area contributed by atoms with Gasteiger partial charge in [0.15, 0.2) is 0 Å². The lowest BCUT2D eigenvalue weighted by molar-refractivity contribution is 0.191. The highest BCUT2D eigenvalue weighted by Gasteiger charge is 2.30. The van der Waals surface area contributed by atoms with Gasteiger partial charge in [0.1, 0.15) is 0 Å². The van der Waals surface area contributed by atoms with Gasteiger partial charge in [0, 0.05) is 18.7 Å². The minimum Gasteiger partial charge on any atom is -0.396 e. The van der Waals surface area contributed by atoms with Crippen LogP contribution in [0, 0.1) is 5.92 Å². The maximum Gasteiger partial charge on any atom is 0.0474 e. The van der Waals surface area contributed by atoms with E-state index < -0.39 is 0 Å². The van der Waals surface area contributed by atoms with Crippen LogP contribution in [-0.2, 0) is 0 Å². The second-order valence-corrected chi connectivity index (χ2v) is 6.61. The standard InChI is InChI=1S/C18H27NO/c20-13-16-7-4-8-18(16)19-17-11-9-15(10-12-17)14-5-2-1-3-6-14/h1-3,5-6,15-20H,4,7-13H2. The minimum absolute atomic E-state index is 0.358. The zero-order valence-corrected chi connectivity index (χ0v) is 12.3. The fourth-order valence-corrected chi connectivity index (χ4v) is 4.10. The molecule has 20 heavy (non-hydrogen) atoms. The lowest BCUT2D eigenvalue weighted by atomic mass is 9.81. The molecule has 0 aromatic heterocycles. The molecule has 1 aromatic rings. The van der Waals surface area contributed by atoms with Crippen molar-refractivity contribution >= 4 is 0 Å². The van der Waals surface area contributed by atoms with Crippen LogP contribution in [0.1, 0.15) is 56.4 Å². The van der Waals surface area contributed by atoms with Crippen LogP contribution in [0.3, 0.4) is 0 Å². The van der Waals surface area contributed by atoms with Gasteiger partial charge in [0.2, 0.25) is 0 Å². The minimum atomic E-state index is 0.358. The molecule has 2 aliphatic carbocycles. The number of rotatable bonds is 4. The molecule has 0 bridgehead atoms. The van der Waals surface area contributed by atoms with Crippen molar-refractivity contribution in [2.75, 3.05) is 6.61 Å². The Morgan fingerprint density at radius 1 is 0.950 bits per heavy atom. The molecule has 0 heterocycles. The molecule has 2 fully saturated rings. The molecule has 2 saturated carbocycles. The van der Waals surface area contributed by atoms with Crippen molar-refractivity contribution in [1.29, 1.82) is 0 Å². The molecule has 2 atom stereocenters. The van der Waals surface area contributed by atoms with Gasteiger partial charge in [-0.1, -0.05) is 36.8 Å². The van der Waals surface area contributed by atoms with Gasteiger partial charge in [-0.25, -0.2) is 0 Å². The number of hydrogen-bond donors (Lipinski definition) is 2. The number of aliphatic hydroxyl groups excluding tert-OH is 1. The van der Waals surface area contributed by atoms with Crippen molar-refractivity contribution in [1.82, 2.24) is 5.32 Å². The van der Waals surface area contributed by atoms with E-state index in [4.69, 9.17) is 0 Å². The van der Waals surface area contributed by atoms with Gasteiger partial charge in [0.05, 0.1) is 0 Å². The third kappa shape index (κ3) is 3.24. The summed E-state index contributed by atoms with van der Waals surface area (Å²) in [6.07, 6.45) is 8.92. The molecule has 0 amide bonds. The predicted octanol–water partition coefficient (Wildman–Crippen LogP) is 3.46. The summed E-state index contributed by atoms with van der Waals surface area (Å²) in [6.45, 7) is 0.358. The van der Waals surface area contributed by atoms with Crippen LogP contribution in [0.15, 0.2) is 30.3 Å². The molecule has 2 unspecified atom stereocenters. The lowest BCUT2D eigenvalue weighted by Gasteiger charge is -2.33. The Bertz CT molecular complexity index is 397. The summed E-state index contributed by atoms with van der Waals surface area (Å²) in [5.41, 5.74) is 1.51. The Kier molecular flexibility index (Phi) is 4.74. The first-order valence-electron chi connectivity index (χ1n) is 8.28. The number of nitrogens with one attached hydrogen (secondary N) is 1. The summed E-state index contributed by atoms with van der Waals surface area (Å²) in [5.74, 6) is 1.26. The van der Waals surface area contributed by atoms with E-state index in [-0.39, 0.29) is 0 Å². The smallest absolute Gasteiger partial charge is 0.0474 e. The van der Waals surface area contributed by atoms with E-state index in [9.17, 15) is 5.11 Å². The normalized spacial score (nSPS) is 34.2. The van der Waals surface area contributed by atoms with Crippen molar-refractivity contribution in [2.45, 2.75) is 62.9 Å². The molecule has 3 rings (SSSR count). The van der Waals surface area contributed by atoms with Gasteiger partial charge < -0.3 is 10.4 Å². The Labute approximate surface area is 122 Å². The van der Waals surface area contributed by atoms with Crippen molar-refractivity contribution in [2.24, 2.45) is 5.92 Å². The SMILES string of the molecule is OCC1CCCC1NC1CCC(c2ccccc2)CC1. The summed E-state index contributed by atoms with van der Waals surface area (Å²) in [7, 11) is 0. The summed E-state index contributed by atoms with van der Waals surface area (Å²) in [6, 6.07) is 12.2. The predicted molar refractivity (Wildman–Crippen MR) is 82.8 cm³/mol. The Hall–Kier alpha value is -0.860. The molecule has 110 valence electrons. The summed E-state index contributed by atoms with van der Waals surface area (Å²) in [5, 5.41) is 13.2. The van der Waals surface area contributed by atoms with E-state index in [1.165, 1.54) is 50.5 Å². The molecule has 2 N–H and O–H groups in total. The van der Waals surface area contributed by atoms with Crippen LogP contribution in [-0.4, -0.2) is 23.8 Å². The van der Waals surface area contributed by atoms with Gasteiger partial charge in [0.25, 0.3) is 0 Å². The Morgan fingerprint density at radius 2 is 1.70 bits per heavy atom. The van der Waals surface area contributed by atoms with Gasteiger partial charge in [-0.15, -0.1) is 0 Å². The molecule has 0 radical (unpaired) electrons. The Morgan fingerprint density at radius 3 is 2.40 bits per heavy atom. The molecule has 2 nitrogen and oxygen atoms in total. The molecular formula is C18H27NO. The third-order valence-electron chi connectivity index (χ3n) is 5.34. The first-order valence-corrected chi connectivity index (χ1v) is 8.28. The first-order chi connectivity index (χ1) is 9.86. The second-order valence-electron chi connectivity index (χ2n) is 6.61. The number of benzene rings is 1. The van der Waals surface area contributed by atoms with Crippen LogP contribution in [0.2, 0.25) is 0 Å². The van der Waals surface area contributed by atoms with E-state index in [0.717, 1.165) is 5.92 Å². The summed E-state index contributed by atoms with van der Waals surface area (Å²) < 4.78 is 0. The van der Waals surface area contributed by atoms with Crippen LogP contribution in [0.5, 0.6) is 0 Å². The van der Waals surface area contributed by atoms with Crippen LogP contribution >= 0.6 is 0 Å². The maximum absolute atomic E-state index is 9.42. The molecule has 0 aliphatic heterocycles. The fraction of sp³-hybridized carbons (Fsp3) is 0.667. The van der Waals surface area contributed by atoms with Crippen LogP contribution in [0.4, 0.5) is 0 Å². The van der Waals surface area contributed by atoms with Gasteiger partial charge >= 0.3 is 0 Å². The van der Waals surface area contributed by atoms with E-state index in [1.807, 2.05) is 0 Å². The molecule has 2 aliphatic rings. The fourth-order valence-electron chi connectivity index (χ4n) is 4.10. The molecule has 1 aromatic carbocycles. The molecular weight excluding hydrogens is 246 g/mol. The average molecular weight is 273 g/mol. The highest BCUT2D eigenvalue weighted by atomic mass is 16.3. The van der Waals surface area contributed by atoms with Crippen molar-refractivity contribution < 1.29 is 5.11 Å². The van der Waals surface area contributed by atoms with Crippen molar-refractivity contribution in [3.63, 3.8) is 0 Å². The van der Waals surface area contributed by atoms with Gasteiger partial charge in [-0.2, -0.15) is 0 Å². The van der Waals surface area contributed by atoms with Crippen molar-refractivity contribution in [3.05, 3.63) is 35.9 Å². The highest BCUT2D eigenvalue weighted by Crippen LogP contribution is 2.34. The molecule has 0 saturated heterocycles. The van der Waals surface area contributed by atoms with E-state index in [2.05, 4.69) is 35.6 Å². The second kappa shape index (κ2) is 6.73.